The van der Waals surface area contributed by atoms with E-state index in [9.17, 15) is 5.11 Å². The molecule has 0 bridgehead atoms. The molecule has 2 heterocycles. The summed E-state index contributed by atoms with van der Waals surface area (Å²) < 4.78 is 16.4. The normalized spacial score (nSPS) is 12.3. The predicted octanol–water partition coefficient (Wildman–Crippen LogP) is 3.70. The van der Waals surface area contributed by atoms with Gasteiger partial charge in [-0.25, -0.2) is 0 Å². The summed E-state index contributed by atoms with van der Waals surface area (Å²) in [7, 11) is 1.47. The first-order valence-corrected chi connectivity index (χ1v) is 10.3. The number of hydrogen-bond acceptors (Lipinski definition) is 8. The van der Waals surface area contributed by atoms with Gasteiger partial charge in [0.1, 0.15) is 12.7 Å². The molecule has 0 amide bonds. The van der Waals surface area contributed by atoms with Gasteiger partial charge in [-0.3, -0.25) is 4.98 Å². The standard InChI is InChI=1S/C22H26ClN3O5/c1-12(2)5-16-7-15(6-13(3)24-16)22-25-21(26-31-22)14-8-18(23)20(19(9-14)29-4)30-11-17(28)10-27/h6-9,12,17,27-28H,5,10-11H2,1-4H3. The highest BCUT2D eigenvalue weighted by molar-refractivity contribution is 6.32. The topological polar surface area (TPSA) is 111 Å². The molecule has 2 aromatic heterocycles. The van der Waals surface area contributed by atoms with E-state index in [2.05, 4.69) is 29.0 Å². The maximum atomic E-state index is 9.51. The summed E-state index contributed by atoms with van der Waals surface area (Å²) in [6.07, 6.45) is -0.167. The number of ether oxygens (including phenoxy) is 2. The van der Waals surface area contributed by atoms with Crippen LogP contribution in [0, 0.1) is 12.8 Å². The van der Waals surface area contributed by atoms with Gasteiger partial charge < -0.3 is 24.2 Å². The van der Waals surface area contributed by atoms with E-state index in [-0.39, 0.29) is 17.4 Å². The Hall–Kier alpha value is -2.68. The van der Waals surface area contributed by atoms with Crippen LogP contribution >= 0.6 is 11.6 Å². The number of aryl methyl sites for hydroxylation is 1. The highest BCUT2D eigenvalue weighted by Gasteiger charge is 2.18. The quantitative estimate of drug-likeness (QED) is 0.510. The Morgan fingerprint density at radius 2 is 1.90 bits per heavy atom. The van der Waals surface area contributed by atoms with Gasteiger partial charge in [-0.1, -0.05) is 30.6 Å². The molecule has 1 unspecified atom stereocenters. The van der Waals surface area contributed by atoms with Crippen LogP contribution in [-0.4, -0.2) is 51.8 Å². The second-order valence-corrected chi connectivity index (χ2v) is 8.05. The first-order valence-electron chi connectivity index (χ1n) is 9.92. The molecule has 0 radical (unpaired) electrons. The SMILES string of the molecule is COc1cc(-c2noc(-c3cc(C)nc(CC(C)C)c3)n2)cc(Cl)c1OCC(O)CO. The molecule has 0 saturated carbocycles. The molecule has 0 aliphatic heterocycles. The van der Waals surface area contributed by atoms with E-state index in [4.69, 9.17) is 30.7 Å². The van der Waals surface area contributed by atoms with E-state index in [1.807, 2.05) is 19.1 Å². The maximum Gasteiger partial charge on any atom is 0.258 e. The number of rotatable bonds is 9. The molecule has 31 heavy (non-hydrogen) atoms. The van der Waals surface area contributed by atoms with Gasteiger partial charge in [0.15, 0.2) is 11.5 Å². The number of aliphatic hydroxyl groups is 2. The van der Waals surface area contributed by atoms with Gasteiger partial charge in [0, 0.05) is 22.5 Å². The molecule has 1 aromatic carbocycles. The number of methoxy groups -OCH3 is 1. The number of halogens is 1. The summed E-state index contributed by atoms with van der Waals surface area (Å²) in [5, 5.41) is 22.8. The fourth-order valence-corrected chi connectivity index (χ4v) is 3.33. The first kappa shape index (κ1) is 23.0. The highest BCUT2D eigenvalue weighted by Crippen LogP contribution is 2.39. The van der Waals surface area contributed by atoms with Crippen molar-refractivity contribution in [2.45, 2.75) is 33.3 Å². The zero-order valence-electron chi connectivity index (χ0n) is 17.9. The van der Waals surface area contributed by atoms with Crippen LogP contribution in [0.5, 0.6) is 11.5 Å². The number of hydrogen-bond donors (Lipinski definition) is 2. The molecule has 166 valence electrons. The van der Waals surface area contributed by atoms with Crippen molar-refractivity contribution in [2.75, 3.05) is 20.3 Å². The summed E-state index contributed by atoms with van der Waals surface area (Å²) in [6, 6.07) is 7.16. The number of aromatic nitrogens is 3. The zero-order valence-corrected chi connectivity index (χ0v) is 18.7. The Kier molecular flexibility index (Phi) is 7.48. The summed E-state index contributed by atoms with van der Waals surface area (Å²) in [6.45, 7) is 5.67. The van der Waals surface area contributed by atoms with Crippen LogP contribution in [-0.2, 0) is 6.42 Å². The lowest BCUT2D eigenvalue weighted by Gasteiger charge is -2.15. The van der Waals surface area contributed by atoms with Crippen molar-refractivity contribution in [3.05, 3.63) is 40.7 Å². The lowest BCUT2D eigenvalue weighted by molar-refractivity contribution is 0.0528. The Balaban J connectivity index is 1.90. The summed E-state index contributed by atoms with van der Waals surface area (Å²) in [4.78, 5) is 9.09. The van der Waals surface area contributed by atoms with Gasteiger partial charge in [-0.05, 0) is 43.5 Å². The third-order valence-corrected chi connectivity index (χ3v) is 4.70. The Morgan fingerprint density at radius 1 is 1.13 bits per heavy atom. The van der Waals surface area contributed by atoms with Crippen LogP contribution in [0.25, 0.3) is 22.8 Å². The van der Waals surface area contributed by atoms with Gasteiger partial charge in [0.05, 0.1) is 18.7 Å². The van der Waals surface area contributed by atoms with Crippen molar-refractivity contribution in [1.29, 1.82) is 0 Å². The second kappa shape index (κ2) is 10.1. The number of aliphatic hydroxyl groups excluding tert-OH is 2. The van der Waals surface area contributed by atoms with Crippen LogP contribution in [0.4, 0.5) is 0 Å². The fraction of sp³-hybridized carbons (Fsp3) is 0.409. The Labute approximate surface area is 185 Å². The minimum Gasteiger partial charge on any atom is -0.493 e. The van der Waals surface area contributed by atoms with Crippen molar-refractivity contribution in [3.63, 3.8) is 0 Å². The Bertz CT molecular complexity index is 1040. The highest BCUT2D eigenvalue weighted by atomic mass is 35.5. The third-order valence-electron chi connectivity index (χ3n) is 4.42. The number of benzene rings is 1. The lowest BCUT2D eigenvalue weighted by Crippen LogP contribution is -2.21. The van der Waals surface area contributed by atoms with Crippen molar-refractivity contribution in [1.82, 2.24) is 15.1 Å². The predicted molar refractivity (Wildman–Crippen MR) is 116 cm³/mol. The van der Waals surface area contributed by atoms with Crippen molar-refractivity contribution >= 4 is 11.6 Å². The molecular formula is C22H26ClN3O5. The summed E-state index contributed by atoms with van der Waals surface area (Å²) >= 11 is 6.36. The molecule has 9 heteroatoms. The molecule has 0 aliphatic rings. The molecule has 3 rings (SSSR count). The van der Waals surface area contributed by atoms with E-state index in [0.717, 1.165) is 23.4 Å². The van der Waals surface area contributed by atoms with Gasteiger partial charge in [0.2, 0.25) is 5.82 Å². The summed E-state index contributed by atoms with van der Waals surface area (Å²) in [5.41, 5.74) is 3.24. The lowest BCUT2D eigenvalue weighted by atomic mass is 10.1. The molecule has 1 atom stereocenters. The average Bonchev–Trinajstić information content (AvgIpc) is 3.21. The molecule has 0 fully saturated rings. The molecule has 0 saturated heterocycles. The summed E-state index contributed by atoms with van der Waals surface area (Å²) in [5.74, 6) is 1.81. The van der Waals surface area contributed by atoms with Crippen LogP contribution in [0.3, 0.4) is 0 Å². The smallest absolute Gasteiger partial charge is 0.258 e. The molecule has 0 aliphatic carbocycles. The minimum absolute atomic E-state index is 0.127. The number of pyridine rings is 1. The van der Waals surface area contributed by atoms with Gasteiger partial charge in [-0.2, -0.15) is 4.98 Å². The van der Waals surface area contributed by atoms with Crippen molar-refractivity contribution in [2.24, 2.45) is 5.92 Å². The van der Waals surface area contributed by atoms with E-state index in [0.29, 0.717) is 28.9 Å². The van der Waals surface area contributed by atoms with Crippen molar-refractivity contribution < 1.29 is 24.2 Å². The van der Waals surface area contributed by atoms with E-state index >= 15 is 0 Å². The van der Waals surface area contributed by atoms with Gasteiger partial charge in [0.25, 0.3) is 5.89 Å². The fourth-order valence-electron chi connectivity index (χ4n) is 3.06. The van der Waals surface area contributed by atoms with Crippen LogP contribution in [0.2, 0.25) is 5.02 Å². The van der Waals surface area contributed by atoms with Crippen LogP contribution < -0.4 is 9.47 Å². The molecular weight excluding hydrogens is 422 g/mol. The van der Waals surface area contributed by atoms with Crippen LogP contribution in [0.1, 0.15) is 25.2 Å². The average molecular weight is 448 g/mol. The zero-order chi connectivity index (χ0) is 22.5. The third kappa shape index (κ3) is 5.72. The molecule has 3 aromatic rings. The number of nitrogens with zero attached hydrogens (tertiary/aromatic N) is 3. The molecule has 0 spiro atoms. The monoisotopic (exact) mass is 447 g/mol. The van der Waals surface area contributed by atoms with E-state index in [1.165, 1.54) is 7.11 Å². The van der Waals surface area contributed by atoms with Gasteiger partial charge in [-0.15, -0.1) is 0 Å². The maximum absolute atomic E-state index is 9.51. The van der Waals surface area contributed by atoms with Crippen LogP contribution in [0.15, 0.2) is 28.8 Å². The first-order chi connectivity index (χ1) is 14.8. The Morgan fingerprint density at radius 3 is 2.58 bits per heavy atom. The molecule has 2 N–H and O–H groups in total. The minimum atomic E-state index is -1.02. The van der Waals surface area contributed by atoms with Gasteiger partial charge >= 0.3 is 0 Å². The molecule has 8 nitrogen and oxygen atoms in total. The second-order valence-electron chi connectivity index (χ2n) is 7.65. The largest absolute Gasteiger partial charge is 0.493 e. The van der Waals surface area contributed by atoms with Crippen molar-refractivity contribution in [3.8, 4) is 34.3 Å². The van der Waals surface area contributed by atoms with E-state index < -0.39 is 12.7 Å². The van der Waals surface area contributed by atoms with E-state index in [1.54, 1.807) is 12.1 Å².